The van der Waals surface area contributed by atoms with Gasteiger partial charge in [-0.15, -0.1) is 0 Å². The van der Waals surface area contributed by atoms with Crippen LogP contribution in [0.15, 0.2) is 0 Å². The summed E-state index contributed by atoms with van der Waals surface area (Å²) in [5.41, 5.74) is -2.87. The van der Waals surface area contributed by atoms with Crippen LogP contribution in [-0.2, 0) is 14.4 Å². The van der Waals surface area contributed by atoms with Crippen molar-refractivity contribution in [3.63, 3.8) is 0 Å². The Balaban J connectivity index is 5.63. The van der Waals surface area contributed by atoms with Gasteiger partial charge in [0.25, 0.3) is 0 Å². The van der Waals surface area contributed by atoms with E-state index in [9.17, 15) is 19.5 Å². The molecule has 98 valence electrons. The van der Waals surface area contributed by atoms with E-state index in [1.807, 2.05) is 0 Å². The van der Waals surface area contributed by atoms with E-state index in [1.54, 1.807) is 0 Å². The van der Waals surface area contributed by atoms with Gasteiger partial charge in [0, 0.05) is 0 Å². The molecule has 0 radical (unpaired) electrons. The lowest BCUT2D eigenvalue weighted by Crippen LogP contribution is -2.66. The van der Waals surface area contributed by atoms with Crippen molar-refractivity contribution in [2.24, 2.45) is 0 Å². The number of quaternary nitrogens is 1. The SMILES string of the molecule is C[N+](C)(C)C(C(=O)O)[C@](O)(CC(=O)O)C(=O)O. The third-order valence-corrected chi connectivity index (χ3v) is 2.25. The fourth-order valence-electron chi connectivity index (χ4n) is 1.70. The summed E-state index contributed by atoms with van der Waals surface area (Å²) in [5.74, 6) is -5.04. The highest BCUT2D eigenvalue weighted by Gasteiger charge is 2.57. The first-order valence-corrected chi connectivity index (χ1v) is 4.64. The molecule has 0 aliphatic rings. The van der Waals surface area contributed by atoms with Crippen LogP contribution in [-0.4, -0.2) is 75.6 Å². The lowest BCUT2D eigenvalue weighted by molar-refractivity contribution is -0.893. The molecule has 0 aliphatic carbocycles. The van der Waals surface area contributed by atoms with E-state index in [0.29, 0.717) is 0 Å². The van der Waals surface area contributed by atoms with Crippen molar-refractivity contribution >= 4 is 17.9 Å². The lowest BCUT2D eigenvalue weighted by Gasteiger charge is -2.38. The number of likely N-dealkylation sites (N-methyl/N-ethyl adjacent to an activating group) is 1. The molecule has 0 aromatic heterocycles. The van der Waals surface area contributed by atoms with Gasteiger partial charge in [0.2, 0.25) is 11.6 Å². The number of hydrogen-bond donors (Lipinski definition) is 4. The molecule has 0 spiro atoms. The van der Waals surface area contributed by atoms with Crippen LogP contribution in [0.3, 0.4) is 0 Å². The number of nitrogens with zero attached hydrogens (tertiary/aromatic N) is 1. The Morgan fingerprint density at radius 2 is 1.53 bits per heavy atom. The van der Waals surface area contributed by atoms with Crippen molar-refractivity contribution in [3.8, 4) is 0 Å². The van der Waals surface area contributed by atoms with Crippen LogP contribution in [0.2, 0.25) is 0 Å². The molecule has 0 amide bonds. The number of carboxylic acid groups (broad SMARTS) is 3. The molecule has 8 nitrogen and oxygen atoms in total. The number of aliphatic hydroxyl groups is 1. The maximum atomic E-state index is 11.0. The molecular formula is C9H16NO7+. The Morgan fingerprint density at radius 1 is 1.12 bits per heavy atom. The normalized spacial score (nSPS) is 16.9. The summed E-state index contributed by atoms with van der Waals surface area (Å²) in [7, 11) is 4.07. The molecule has 0 saturated carbocycles. The van der Waals surface area contributed by atoms with Gasteiger partial charge < -0.3 is 24.9 Å². The molecule has 0 aliphatic heterocycles. The van der Waals surface area contributed by atoms with Crippen LogP contribution in [0.4, 0.5) is 0 Å². The van der Waals surface area contributed by atoms with E-state index in [0.717, 1.165) is 0 Å². The first-order valence-electron chi connectivity index (χ1n) is 4.64. The van der Waals surface area contributed by atoms with Crippen LogP contribution in [0, 0.1) is 0 Å². The molecule has 0 aromatic carbocycles. The first-order chi connectivity index (χ1) is 7.43. The molecule has 2 atom stereocenters. The van der Waals surface area contributed by atoms with Crippen molar-refractivity contribution in [1.82, 2.24) is 0 Å². The minimum atomic E-state index is -2.87. The second-order valence-corrected chi connectivity index (χ2v) is 4.66. The average molecular weight is 250 g/mol. The highest BCUT2D eigenvalue weighted by molar-refractivity contribution is 5.90. The number of carboxylic acids is 3. The summed E-state index contributed by atoms with van der Waals surface area (Å²) >= 11 is 0. The minimum absolute atomic E-state index is 0.425. The van der Waals surface area contributed by atoms with E-state index in [1.165, 1.54) is 21.1 Å². The fourth-order valence-corrected chi connectivity index (χ4v) is 1.70. The predicted molar refractivity (Wildman–Crippen MR) is 54.3 cm³/mol. The second kappa shape index (κ2) is 4.68. The van der Waals surface area contributed by atoms with Crippen molar-refractivity contribution in [3.05, 3.63) is 0 Å². The zero-order valence-electron chi connectivity index (χ0n) is 9.75. The van der Waals surface area contributed by atoms with Crippen molar-refractivity contribution in [1.29, 1.82) is 0 Å². The van der Waals surface area contributed by atoms with Crippen molar-refractivity contribution in [2.75, 3.05) is 21.1 Å². The summed E-state index contributed by atoms with van der Waals surface area (Å²) in [4.78, 5) is 32.6. The van der Waals surface area contributed by atoms with Gasteiger partial charge in [0.05, 0.1) is 27.6 Å². The molecule has 8 heteroatoms. The summed E-state index contributed by atoms with van der Waals surface area (Å²) in [5, 5.41) is 36.3. The third-order valence-electron chi connectivity index (χ3n) is 2.25. The summed E-state index contributed by atoms with van der Waals surface area (Å²) in [6, 6.07) is -1.80. The Kier molecular flexibility index (Phi) is 4.22. The molecule has 4 N–H and O–H groups in total. The zero-order chi connectivity index (χ0) is 14.0. The maximum absolute atomic E-state index is 11.0. The molecule has 0 aromatic rings. The smallest absolute Gasteiger partial charge is 0.366 e. The topological polar surface area (TPSA) is 132 Å². The Morgan fingerprint density at radius 3 is 1.71 bits per heavy atom. The number of rotatable bonds is 6. The van der Waals surface area contributed by atoms with Gasteiger partial charge >= 0.3 is 17.9 Å². The Bertz CT molecular complexity index is 346. The number of aliphatic carboxylic acids is 3. The quantitative estimate of drug-likeness (QED) is 0.419. The van der Waals surface area contributed by atoms with E-state index in [2.05, 4.69) is 0 Å². The van der Waals surface area contributed by atoms with Crippen molar-refractivity contribution in [2.45, 2.75) is 18.1 Å². The van der Waals surface area contributed by atoms with Crippen LogP contribution < -0.4 is 0 Å². The molecule has 0 rings (SSSR count). The zero-order valence-corrected chi connectivity index (χ0v) is 9.75. The molecule has 17 heavy (non-hydrogen) atoms. The molecule has 0 fully saturated rings. The summed E-state index contributed by atoms with van der Waals surface area (Å²) in [6.07, 6.45) is -1.19. The van der Waals surface area contributed by atoms with Crippen LogP contribution in [0.5, 0.6) is 0 Å². The van der Waals surface area contributed by atoms with E-state index < -0.39 is 40.5 Å². The third kappa shape index (κ3) is 3.40. The van der Waals surface area contributed by atoms with Crippen LogP contribution >= 0.6 is 0 Å². The van der Waals surface area contributed by atoms with Gasteiger partial charge in [-0.25, -0.2) is 9.59 Å². The lowest BCUT2D eigenvalue weighted by atomic mass is 9.88. The first kappa shape index (κ1) is 15.3. The van der Waals surface area contributed by atoms with Crippen LogP contribution in [0.1, 0.15) is 6.42 Å². The maximum Gasteiger partial charge on any atom is 0.366 e. The monoisotopic (exact) mass is 250 g/mol. The van der Waals surface area contributed by atoms with Gasteiger partial charge in [-0.2, -0.15) is 0 Å². The van der Waals surface area contributed by atoms with Gasteiger partial charge in [-0.05, 0) is 0 Å². The van der Waals surface area contributed by atoms with Gasteiger partial charge in [0.1, 0.15) is 0 Å². The van der Waals surface area contributed by atoms with Crippen LogP contribution in [0.25, 0.3) is 0 Å². The predicted octanol–water partition coefficient (Wildman–Crippen LogP) is -1.56. The highest BCUT2D eigenvalue weighted by atomic mass is 16.4. The summed E-state index contributed by atoms with van der Waals surface area (Å²) < 4.78 is -0.425. The van der Waals surface area contributed by atoms with Gasteiger partial charge in [-0.1, -0.05) is 0 Å². The van der Waals surface area contributed by atoms with Crippen molar-refractivity contribution < 1.29 is 39.3 Å². The standard InChI is InChI=1S/C9H15NO7/c1-10(2,3)6(7(13)14)9(17,8(15)16)4-5(11)12/h6,17H,4H2,1-3H3,(H2-,11,12,13,14,15,16)/p+1/t6?,9-/m1/s1. The number of carbonyl (C=O) groups is 3. The fraction of sp³-hybridized carbons (Fsp3) is 0.667. The Labute approximate surface area is 97.3 Å². The van der Waals surface area contributed by atoms with E-state index >= 15 is 0 Å². The summed E-state index contributed by atoms with van der Waals surface area (Å²) in [6.45, 7) is 0. The molecule has 0 saturated heterocycles. The number of hydrogen-bond acceptors (Lipinski definition) is 4. The molecule has 1 unspecified atom stereocenters. The Hall–Kier alpha value is -1.67. The van der Waals surface area contributed by atoms with E-state index in [4.69, 9.17) is 15.3 Å². The van der Waals surface area contributed by atoms with Gasteiger partial charge in [0.15, 0.2) is 0 Å². The minimum Gasteiger partial charge on any atom is -0.481 e. The second-order valence-electron chi connectivity index (χ2n) is 4.66. The van der Waals surface area contributed by atoms with E-state index in [-0.39, 0.29) is 0 Å². The average Bonchev–Trinajstić information content (AvgIpc) is 1.96. The molecule has 0 bridgehead atoms. The largest absolute Gasteiger partial charge is 0.481 e. The van der Waals surface area contributed by atoms with Gasteiger partial charge in [-0.3, -0.25) is 4.79 Å². The highest BCUT2D eigenvalue weighted by Crippen LogP contribution is 2.24. The molecular weight excluding hydrogens is 234 g/mol. The molecule has 0 heterocycles.